The largest absolute Gasteiger partial charge is 0.322 e. The van der Waals surface area contributed by atoms with E-state index in [9.17, 15) is 14.9 Å². The Kier molecular flexibility index (Phi) is 6.08. The summed E-state index contributed by atoms with van der Waals surface area (Å²) in [4.78, 5) is 30.0. The fraction of sp³-hybridized carbons (Fsp3) is 0.304. The van der Waals surface area contributed by atoms with Crippen LogP contribution in [0.1, 0.15) is 35.7 Å². The molecule has 0 radical (unpaired) electrons. The summed E-state index contributed by atoms with van der Waals surface area (Å²) < 4.78 is 1.54. The van der Waals surface area contributed by atoms with E-state index in [-0.39, 0.29) is 11.3 Å². The lowest BCUT2D eigenvalue weighted by Gasteiger charge is -2.30. The second-order valence-corrected chi connectivity index (χ2v) is 8.04. The average Bonchev–Trinajstić information content (AvgIpc) is 3.31. The number of amides is 1. The quantitative estimate of drug-likeness (QED) is 0.476. The Balaban J connectivity index is 1.43. The van der Waals surface area contributed by atoms with Crippen LogP contribution in [0.25, 0.3) is 5.69 Å². The van der Waals surface area contributed by atoms with Crippen LogP contribution in [0.3, 0.4) is 0 Å². The van der Waals surface area contributed by atoms with E-state index >= 15 is 0 Å². The summed E-state index contributed by atoms with van der Waals surface area (Å²) >= 11 is 0. The first-order valence-corrected chi connectivity index (χ1v) is 10.4. The highest BCUT2D eigenvalue weighted by atomic mass is 16.6. The van der Waals surface area contributed by atoms with Crippen LogP contribution in [0.4, 0.5) is 11.4 Å². The van der Waals surface area contributed by atoms with Gasteiger partial charge in [-0.1, -0.05) is 19.1 Å². The van der Waals surface area contributed by atoms with Gasteiger partial charge in [0.25, 0.3) is 11.6 Å². The van der Waals surface area contributed by atoms with E-state index in [4.69, 9.17) is 0 Å². The molecule has 0 bridgehead atoms. The van der Waals surface area contributed by atoms with Gasteiger partial charge in [0.1, 0.15) is 5.69 Å². The van der Waals surface area contributed by atoms with Crippen molar-refractivity contribution in [1.29, 1.82) is 0 Å². The highest BCUT2D eigenvalue weighted by Crippen LogP contribution is 2.25. The molecule has 1 aromatic heterocycles. The lowest BCUT2D eigenvalue weighted by molar-refractivity contribution is -0.384. The predicted octanol–water partition coefficient (Wildman–Crippen LogP) is 4.26. The minimum atomic E-state index is -0.498. The van der Waals surface area contributed by atoms with Crippen LogP contribution in [-0.2, 0) is 6.54 Å². The Morgan fingerprint density at radius 3 is 2.58 bits per heavy atom. The van der Waals surface area contributed by atoms with Gasteiger partial charge in [0.05, 0.1) is 11.3 Å². The molecule has 160 valence electrons. The third kappa shape index (κ3) is 4.97. The molecule has 1 aliphatic heterocycles. The van der Waals surface area contributed by atoms with Crippen LogP contribution in [0.5, 0.6) is 0 Å². The van der Waals surface area contributed by atoms with Gasteiger partial charge in [0.2, 0.25) is 0 Å². The lowest BCUT2D eigenvalue weighted by atomic mass is 9.99. The Hall–Kier alpha value is -3.52. The van der Waals surface area contributed by atoms with Crippen LogP contribution in [0.2, 0.25) is 0 Å². The second kappa shape index (κ2) is 9.09. The summed E-state index contributed by atoms with van der Waals surface area (Å²) in [5.74, 6) is 0.414. The summed E-state index contributed by atoms with van der Waals surface area (Å²) in [6.07, 6.45) is 7.11. The number of hydrogen-bond acceptors (Lipinski definition) is 5. The predicted molar refractivity (Wildman–Crippen MR) is 118 cm³/mol. The highest BCUT2D eigenvalue weighted by Gasteiger charge is 2.19. The molecule has 8 heteroatoms. The molecule has 2 heterocycles. The molecule has 31 heavy (non-hydrogen) atoms. The van der Waals surface area contributed by atoms with Crippen molar-refractivity contribution < 1.29 is 9.72 Å². The average molecular weight is 419 g/mol. The van der Waals surface area contributed by atoms with Crippen LogP contribution in [-0.4, -0.2) is 38.4 Å². The summed E-state index contributed by atoms with van der Waals surface area (Å²) in [6, 6.07) is 12.2. The number of nitro groups is 1. The molecule has 1 aliphatic rings. The Morgan fingerprint density at radius 2 is 1.94 bits per heavy atom. The number of aromatic nitrogens is 2. The topological polar surface area (TPSA) is 93.3 Å². The third-order valence-electron chi connectivity index (χ3n) is 5.71. The van der Waals surface area contributed by atoms with Crippen LogP contribution in [0, 0.1) is 16.0 Å². The van der Waals surface area contributed by atoms with Crippen molar-refractivity contribution in [1.82, 2.24) is 14.5 Å². The fourth-order valence-electron chi connectivity index (χ4n) is 3.81. The lowest BCUT2D eigenvalue weighted by Crippen LogP contribution is -2.32. The number of rotatable bonds is 6. The molecule has 0 spiro atoms. The van der Waals surface area contributed by atoms with Crippen LogP contribution >= 0.6 is 0 Å². The Morgan fingerprint density at radius 1 is 1.19 bits per heavy atom. The molecule has 2 aromatic carbocycles. The van der Waals surface area contributed by atoms with Crippen molar-refractivity contribution in [3.8, 4) is 5.69 Å². The molecule has 0 aliphatic carbocycles. The van der Waals surface area contributed by atoms with E-state index in [0.717, 1.165) is 25.6 Å². The van der Waals surface area contributed by atoms with Crippen molar-refractivity contribution >= 4 is 17.3 Å². The number of anilines is 1. The van der Waals surface area contributed by atoms with Gasteiger partial charge in [-0.2, -0.15) is 0 Å². The van der Waals surface area contributed by atoms with Crippen molar-refractivity contribution in [2.45, 2.75) is 26.3 Å². The van der Waals surface area contributed by atoms with Crippen molar-refractivity contribution in [3.05, 3.63) is 82.4 Å². The number of carbonyl (C=O) groups is 1. The number of likely N-dealkylation sites (tertiary alicyclic amines) is 1. The first kappa shape index (κ1) is 20.7. The Bertz CT molecular complexity index is 1060. The first-order chi connectivity index (χ1) is 15.0. The number of nitrogens with one attached hydrogen (secondary N) is 1. The zero-order valence-corrected chi connectivity index (χ0v) is 17.4. The number of benzene rings is 2. The van der Waals surface area contributed by atoms with Gasteiger partial charge < -0.3 is 9.88 Å². The number of nitro benzene ring substituents is 1. The molecular weight excluding hydrogens is 394 g/mol. The zero-order chi connectivity index (χ0) is 21.8. The van der Waals surface area contributed by atoms with Gasteiger partial charge in [0.15, 0.2) is 0 Å². The molecule has 1 fully saturated rings. The van der Waals surface area contributed by atoms with Crippen molar-refractivity contribution in [3.63, 3.8) is 0 Å². The molecule has 1 amide bonds. The summed E-state index contributed by atoms with van der Waals surface area (Å²) in [5, 5.41) is 14.3. The fourth-order valence-corrected chi connectivity index (χ4v) is 3.81. The van der Waals surface area contributed by atoms with Crippen LogP contribution in [0.15, 0.2) is 61.2 Å². The molecular formula is C23H25N5O3. The van der Waals surface area contributed by atoms with Crippen LogP contribution < -0.4 is 5.32 Å². The smallest absolute Gasteiger partial charge is 0.294 e. The number of piperidine rings is 1. The normalized spacial score (nSPS) is 15.0. The van der Waals surface area contributed by atoms with Crippen molar-refractivity contribution in [2.75, 3.05) is 18.4 Å². The molecule has 0 atom stereocenters. The standard InChI is InChI=1S/C23H25N5O3/c1-17-8-11-26(12-9-17)15-18-2-5-20(6-3-18)25-23(29)19-4-7-21(22(14-19)28(30)31)27-13-10-24-16-27/h2-7,10,13-14,16-17H,8-9,11-12,15H2,1H3,(H,25,29). The molecule has 3 aromatic rings. The molecule has 0 unspecified atom stereocenters. The van der Waals surface area contributed by atoms with E-state index in [0.29, 0.717) is 11.4 Å². The van der Waals surface area contributed by atoms with E-state index in [1.54, 1.807) is 29.1 Å². The summed E-state index contributed by atoms with van der Waals surface area (Å²) in [7, 11) is 0. The van der Waals surface area contributed by atoms with Gasteiger partial charge in [0, 0.05) is 36.3 Å². The monoisotopic (exact) mass is 419 g/mol. The molecule has 1 saturated heterocycles. The van der Waals surface area contributed by atoms with E-state index in [2.05, 4.69) is 22.1 Å². The number of hydrogen-bond donors (Lipinski definition) is 1. The van der Waals surface area contributed by atoms with E-state index in [1.807, 2.05) is 24.3 Å². The molecule has 8 nitrogen and oxygen atoms in total. The maximum absolute atomic E-state index is 12.7. The van der Waals surface area contributed by atoms with Gasteiger partial charge in [-0.05, 0) is 61.7 Å². The maximum Gasteiger partial charge on any atom is 0.294 e. The Labute approximate surface area is 180 Å². The zero-order valence-electron chi connectivity index (χ0n) is 17.4. The van der Waals surface area contributed by atoms with E-state index < -0.39 is 10.8 Å². The van der Waals surface area contributed by atoms with Gasteiger partial charge in [-0.3, -0.25) is 19.8 Å². The minimum absolute atomic E-state index is 0.156. The summed E-state index contributed by atoms with van der Waals surface area (Å²) in [5.41, 5.74) is 2.28. The number of nitrogens with zero attached hydrogens (tertiary/aromatic N) is 4. The minimum Gasteiger partial charge on any atom is -0.322 e. The maximum atomic E-state index is 12.7. The first-order valence-electron chi connectivity index (χ1n) is 10.4. The SMILES string of the molecule is CC1CCN(Cc2ccc(NC(=O)c3ccc(-n4ccnc4)c([N+](=O)[O-])c3)cc2)CC1. The number of carbonyl (C=O) groups excluding carboxylic acids is 1. The van der Waals surface area contributed by atoms with E-state index in [1.165, 1.54) is 30.8 Å². The molecule has 1 N–H and O–H groups in total. The highest BCUT2D eigenvalue weighted by molar-refractivity contribution is 6.04. The second-order valence-electron chi connectivity index (χ2n) is 8.04. The molecule has 0 saturated carbocycles. The van der Waals surface area contributed by atoms with Gasteiger partial charge in [-0.15, -0.1) is 0 Å². The van der Waals surface area contributed by atoms with Gasteiger partial charge in [-0.25, -0.2) is 4.98 Å². The number of imidazole rings is 1. The third-order valence-corrected chi connectivity index (χ3v) is 5.71. The summed E-state index contributed by atoms with van der Waals surface area (Å²) in [6.45, 7) is 5.44. The molecule has 4 rings (SSSR count). The van der Waals surface area contributed by atoms with Gasteiger partial charge >= 0.3 is 0 Å². The van der Waals surface area contributed by atoms with Crippen molar-refractivity contribution in [2.24, 2.45) is 5.92 Å².